The summed E-state index contributed by atoms with van der Waals surface area (Å²) in [7, 11) is 0. The molecule has 1 aromatic carbocycles. The number of hydrogen-bond acceptors (Lipinski definition) is 2. The molecule has 0 saturated carbocycles. The van der Waals surface area contributed by atoms with Gasteiger partial charge in [-0.25, -0.2) is 0 Å². The smallest absolute Gasteiger partial charge is 0.219 e. The predicted octanol–water partition coefficient (Wildman–Crippen LogP) is 1.53. The van der Waals surface area contributed by atoms with Crippen LogP contribution in [0.3, 0.4) is 0 Å². The molecule has 0 spiro atoms. The van der Waals surface area contributed by atoms with Crippen LogP contribution in [-0.2, 0) is 11.3 Å². The lowest BCUT2D eigenvalue weighted by Crippen LogP contribution is -2.47. The Labute approximate surface area is 103 Å². The molecule has 0 atom stereocenters. The maximum atomic E-state index is 11.2. The normalized spacial score (nSPS) is 17.2. The van der Waals surface area contributed by atoms with E-state index < -0.39 is 0 Å². The van der Waals surface area contributed by atoms with E-state index in [4.69, 9.17) is 0 Å². The Bertz CT molecular complexity index is 378. The molecule has 1 aromatic rings. The van der Waals surface area contributed by atoms with Gasteiger partial charge in [0.15, 0.2) is 0 Å². The van der Waals surface area contributed by atoms with Crippen LogP contribution >= 0.6 is 0 Å². The third-order valence-electron chi connectivity index (χ3n) is 3.25. The lowest BCUT2D eigenvalue weighted by atomic mass is 10.1. The van der Waals surface area contributed by atoms with Crippen LogP contribution in [0.5, 0.6) is 0 Å². The standard InChI is InChI=1S/C14H19N2O/c1-12-3-5-14(6-4-12)11-15-7-9-16(10-8-15)13(2)17/h3-6H,1,7-11H2,2H3. The summed E-state index contributed by atoms with van der Waals surface area (Å²) in [5.74, 6) is 0.186. The lowest BCUT2D eigenvalue weighted by molar-refractivity contribution is -0.130. The van der Waals surface area contributed by atoms with Crippen LogP contribution in [0.25, 0.3) is 0 Å². The molecule has 0 bridgehead atoms. The fraction of sp³-hybridized carbons (Fsp3) is 0.429. The molecule has 1 fully saturated rings. The molecule has 3 heteroatoms. The van der Waals surface area contributed by atoms with Crippen molar-refractivity contribution in [3.63, 3.8) is 0 Å². The Morgan fingerprint density at radius 3 is 2.29 bits per heavy atom. The second kappa shape index (κ2) is 5.32. The molecule has 0 aromatic heterocycles. The zero-order valence-corrected chi connectivity index (χ0v) is 10.4. The van der Waals surface area contributed by atoms with Crippen LogP contribution in [0, 0.1) is 6.92 Å². The Morgan fingerprint density at radius 1 is 1.18 bits per heavy atom. The number of piperazine rings is 1. The molecule has 0 N–H and O–H groups in total. The number of rotatable bonds is 2. The summed E-state index contributed by atoms with van der Waals surface area (Å²) in [6, 6.07) is 8.33. The lowest BCUT2D eigenvalue weighted by Gasteiger charge is -2.34. The van der Waals surface area contributed by atoms with E-state index in [1.54, 1.807) is 6.92 Å². The van der Waals surface area contributed by atoms with Crippen molar-refractivity contribution in [3.8, 4) is 0 Å². The molecular weight excluding hydrogens is 212 g/mol. The van der Waals surface area contributed by atoms with Crippen LogP contribution in [0.2, 0.25) is 0 Å². The van der Waals surface area contributed by atoms with Crippen molar-refractivity contribution < 1.29 is 4.79 Å². The summed E-state index contributed by atoms with van der Waals surface area (Å²) in [5.41, 5.74) is 2.36. The quantitative estimate of drug-likeness (QED) is 0.770. The van der Waals surface area contributed by atoms with Crippen molar-refractivity contribution in [2.24, 2.45) is 0 Å². The third-order valence-corrected chi connectivity index (χ3v) is 3.25. The summed E-state index contributed by atoms with van der Waals surface area (Å²) >= 11 is 0. The summed E-state index contributed by atoms with van der Waals surface area (Å²) in [6.45, 7) is 10.1. The van der Waals surface area contributed by atoms with Gasteiger partial charge >= 0.3 is 0 Å². The van der Waals surface area contributed by atoms with Crippen LogP contribution < -0.4 is 0 Å². The van der Waals surface area contributed by atoms with Gasteiger partial charge in [-0.1, -0.05) is 24.3 Å². The largest absolute Gasteiger partial charge is 0.340 e. The van der Waals surface area contributed by atoms with Crippen molar-refractivity contribution >= 4 is 5.91 Å². The highest BCUT2D eigenvalue weighted by Crippen LogP contribution is 2.09. The van der Waals surface area contributed by atoms with Crippen LogP contribution in [0.4, 0.5) is 0 Å². The van der Waals surface area contributed by atoms with E-state index in [0.717, 1.165) is 38.3 Å². The second-order valence-corrected chi connectivity index (χ2v) is 4.60. The zero-order chi connectivity index (χ0) is 12.3. The first-order valence-electron chi connectivity index (χ1n) is 6.04. The molecular formula is C14H19N2O. The average Bonchev–Trinajstić information content (AvgIpc) is 2.33. The molecule has 1 heterocycles. The van der Waals surface area contributed by atoms with Gasteiger partial charge in [-0.2, -0.15) is 0 Å². The number of hydrogen-bond donors (Lipinski definition) is 0. The van der Waals surface area contributed by atoms with Gasteiger partial charge in [0, 0.05) is 39.6 Å². The molecule has 0 aliphatic carbocycles. The highest BCUT2D eigenvalue weighted by molar-refractivity contribution is 5.73. The van der Waals surface area contributed by atoms with E-state index in [2.05, 4.69) is 24.0 Å². The highest BCUT2D eigenvalue weighted by Gasteiger charge is 2.18. The van der Waals surface area contributed by atoms with E-state index in [0.29, 0.717) is 0 Å². The Balaban J connectivity index is 1.85. The van der Waals surface area contributed by atoms with Crippen molar-refractivity contribution in [2.45, 2.75) is 13.5 Å². The molecule has 91 valence electrons. The van der Waals surface area contributed by atoms with E-state index in [-0.39, 0.29) is 5.91 Å². The summed E-state index contributed by atoms with van der Waals surface area (Å²) in [4.78, 5) is 15.5. The number of carbonyl (C=O) groups excluding carboxylic acids is 1. The third kappa shape index (κ3) is 3.30. The topological polar surface area (TPSA) is 23.6 Å². The van der Waals surface area contributed by atoms with Crippen LogP contribution in [-0.4, -0.2) is 41.9 Å². The SMILES string of the molecule is [CH2]c1ccc(CN2CCN(C(C)=O)CC2)cc1. The number of nitrogens with zero attached hydrogens (tertiary/aromatic N) is 2. The summed E-state index contributed by atoms with van der Waals surface area (Å²) in [5, 5.41) is 0. The van der Waals surface area contributed by atoms with Crippen molar-refractivity contribution in [1.29, 1.82) is 0 Å². The fourth-order valence-corrected chi connectivity index (χ4v) is 2.12. The summed E-state index contributed by atoms with van der Waals surface area (Å²) in [6.07, 6.45) is 0. The van der Waals surface area contributed by atoms with Gasteiger partial charge in [-0.15, -0.1) is 0 Å². The molecule has 0 unspecified atom stereocenters. The zero-order valence-electron chi connectivity index (χ0n) is 10.4. The molecule has 1 saturated heterocycles. The number of benzene rings is 1. The molecule has 17 heavy (non-hydrogen) atoms. The van der Waals surface area contributed by atoms with Crippen molar-refractivity contribution in [3.05, 3.63) is 42.3 Å². The minimum absolute atomic E-state index is 0.186. The Kier molecular flexibility index (Phi) is 3.79. The highest BCUT2D eigenvalue weighted by atomic mass is 16.2. The van der Waals surface area contributed by atoms with Crippen molar-refractivity contribution in [1.82, 2.24) is 9.80 Å². The molecule has 1 aliphatic rings. The first kappa shape index (κ1) is 12.1. The monoisotopic (exact) mass is 231 g/mol. The first-order chi connectivity index (χ1) is 8.15. The van der Waals surface area contributed by atoms with Gasteiger partial charge in [0.1, 0.15) is 0 Å². The first-order valence-corrected chi connectivity index (χ1v) is 6.04. The second-order valence-electron chi connectivity index (χ2n) is 4.60. The average molecular weight is 231 g/mol. The van der Waals surface area contributed by atoms with E-state index in [1.807, 2.05) is 17.0 Å². The fourth-order valence-electron chi connectivity index (χ4n) is 2.12. The molecule has 3 nitrogen and oxygen atoms in total. The van der Waals surface area contributed by atoms with Gasteiger partial charge in [0.25, 0.3) is 0 Å². The van der Waals surface area contributed by atoms with Gasteiger partial charge in [-0.05, 0) is 18.1 Å². The Morgan fingerprint density at radius 2 is 1.76 bits per heavy atom. The molecule has 1 radical (unpaired) electrons. The number of carbonyl (C=O) groups is 1. The maximum Gasteiger partial charge on any atom is 0.219 e. The van der Waals surface area contributed by atoms with Crippen LogP contribution in [0.15, 0.2) is 24.3 Å². The molecule has 1 amide bonds. The minimum Gasteiger partial charge on any atom is -0.340 e. The van der Waals surface area contributed by atoms with Crippen molar-refractivity contribution in [2.75, 3.05) is 26.2 Å². The minimum atomic E-state index is 0.186. The van der Waals surface area contributed by atoms with Gasteiger partial charge < -0.3 is 4.90 Å². The predicted molar refractivity (Wildman–Crippen MR) is 68.4 cm³/mol. The van der Waals surface area contributed by atoms with E-state index in [1.165, 1.54) is 5.56 Å². The number of amides is 1. The molecule has 2 rings (SSSR count). The molecule has 1 aliphatic heterocycles. The van der Waals surface area contributed by atoms with E-state index in [9.17, 15) is 4.79 Å². The Hall–Kier alpha value is -1.35. The summed E-state index contributed by atoms with van der Waals surface area (Å²) < 4.78 is 0. The van der Waals surface area contributed by atoms with E-state index >= 15 is 0 Å². The van der Waals surface area contributed by atoms with Gasteiger partial charge in [0.2, 0.25) is 5.91 Å². The maximum absolute atomic E-state index is 11.2. The van der Waals surface area contributed by atoms with Crippen LogP contribution in [0.1, 0.15) is 18.1 Å². The van der Waals surface area contributed by atoms with Gasteiger partial charge in [-0.3, -0.25) is 9.69 Å². The van der Waals surface area contributed by atoms with Gasteiger partial charge in [0.05, 0.1) is 0 Å².